The van der Waals surface area contributed by atoms with Crippen LogP contribution in [0.1, 0.15) is 67.1 Å². The fourth-order valence-electron chi connectivity index (χ4n) is 3.53. The van der Waals surface area contributed by atoms with Crippen LogP contribution in [0, 0.1) is 5.82 Å². The third-order valence-corrected chi connectivity index (χ3v) is 5.03. The van der Waals surface area contributed by atoms with Gasteiger partial charge in [0, 0.05) is 41.6 Å². The van der Waals surface area contributed by atoms with Crippen LogP contribution >= 0.6 is 0 Å². The van der Waals surface area contributed by atoms with Crippen molar-refractivity contribution in [3.05, 3.63) is 66.5 Å². The minimum absolute atomic E-state index is 0.113. The van der Waals surface area contributed by atoms with E-state index in [9.17, 15) is 19.4 Å². The number of halogens is 1. The van der Waals surface area contributed by atoms with Crippen molar-refractivity contribution in [1.29, 1.82) is 0 Å². The summed E-state index contributed by atoms with van der Waals surface area (Å²) in [5.41, 5.74) is 2.58. The average molecular weight is 514 g/mol. The Morgan fingerprint density at radius 2 is 1.57 bits per heavy atom. The number of carbonyl (C=O) groups is 1. The number of aliphatic hydroxyl groups is 2. The molecule has 0 aliphatic carbocycles. The molecule has 0 aliphatic heterocycles. The average Bonchev–Trinajstić information content (AvgIpc) is 3.26. The number of aromatic nitrogens is 3. The Labute approximate surface area is 219 Å². The van der Waals surface area contributed by atoms with Crippen molar-refractivity contribution >= 4 is 12.2 Å². The second-order valence-electron chi connectivity index (χ2n) is 8.89. The van der Waals surface area contributed by atoms with Crippen molar-refractivity contribution in [3.8, 4) is 22.5 Å². The fourth-order valence-corrected chi connectivity index (χ4v) is 3.53. The van der Waals surface area contributed by atoms with E-state index < -0.39 is 24.6 Å². The van der Waals surface area contributed by atoms with Crippen LogP contribution in [0.2, 0.25) is 0 Å². The molecule has 0 radical (unpaired) electrons. The number of aliphatic carboxylic acids is 1. The maximum Gasteiger partial charge on any atom is 0.305 e. The van der Waals surface area contributed by atoms with Gasteiger partial charge in [0.05, 0.1) is 30.0 Å². The largest absolute Gasteiger partial charge is 0.481 e. The second kappa shape index (κ2) is 15.0. The Balaban J connectivity index is 0.00000163. The predicted molar refractivity (Wildman–Crippen MR) is 146 cm³/mol. The molecule has 0 saturated heterocycles. The normalized spacial score (nSPS) is 12.7. The van der Waals surface area contributed by atoms with Crippen LogP contribution in [-0.2, 0) is 10.2 Å². The minimum Gasteiger partial charge on any atom is -0.481 e. The SMILES string of the molecule is CC.CC.CC(C)(C)c1nc(-c2ccc(F)cc2)c(-c2ccncc2)n1/C=C/C(O)CC(O)CC(=O)O. The first-order valence-corrected chi connectivity index (χ1v) is 12.6. The van der Waals surface area contributed by atoms with Gasteiger partial charge in [-0.2, -0.15) is 0 Å². The number of nitrogens with zero attached hydrogens (tertiary/aromatic N) is 3. The van der Waals surface area contributed by atoms with Crippen molar-refractivity contribution in [1.82, 2.24) is 14.5 Å². The van der Waals surface area contributed by atoms with E-state index in [4.69, 9.17) is 10.1 Å². The lowest BCUT2D eigenvalue weighted by Gasteiger charge is -2.19. The molecule has 2 unspecified atom stereocenters. The van der Waals surface area contributed by atoms with Gasteiger partial charge in [0.1, 0.15) is 11.6 Å². The zero-order valence-electron chi connectivity index (χ0n) is 22.8. The summed E-state index contributed by atoms with van der Waals surface area (Å²) in [5, 5.41) is 29.0. The van der Waals surface area contributed by atoms with E-state index in [1.165, 1.54) is 18.2 Å². The van der Waals surface area contributed by atoms with Crippen LogP contribution in [0.25, 0.3) is 28.7 Å². The Bertz CT molecular complexity index is 1120. The van der Waals surface area contributed by atoms with E-state index >= 15 is 0 Å². The van der Waals surface area contributed by atoms with Crippen molar-refractivity contribution in [2.75, 3.05) is 0 Å². The number of imidazole rings is 1. The van der Waals surface area contributed by atoms with Crippen LogP contribution in [0.4, 0.5) is 4.39 Å². The van der Waals surface area contributed by atoms with Gasteiger partial charge < -0.3 is 19.9 Å². The topological polar surface area (TPSA) is 108 Å². The molecule has 1 aromatic carbocycles. The van der Waals surface area contributed by atoms with Gasteiger partial charge in [-0.1, -0.05) is 48.5 Å². The van der Waals surface area contributed by atoms with E-state index in [-0.39, 0.29) is 17.7 Å². The quantitative estimate of drug-likeness (QED) is 0.333. The van der Waals surface area contributed by atoms with E-state index in [0.29, 0.717) is 11.5 Å². The van der Waals surface area contributed by atoms with Crippen LogP contribution < -0.4 is 0 Å². The van der Waals surface area contributed by atoms with Crippen molar-refractivity contribution in [3.63, 3.8) is 0 Å². The third kappa shape index (κ3) is 9.22. The van der Waals surface area contributed by atoms with Gasteiger partial charge in [-0.3, -0.25) is 9.78 Å². The Morgan fingerprint density at radius 1 is 1.00 bits per heavy atom. The maximum atomic E-state index is 13.6. The van der Waals surface area contributed by atoms with Gasteiger partial charge in [0.15, 0.2) is 0 Å². The lowest BCUT2D eigenvalue weighted by molar-refractivity contribution is -0.139. The molecule has 3 aromatic rings. The molecule has 0 bridgehead atoms. The summed E-state index contributed by atoms with van der Waals surface area (Å²) in [6.07, 6.45) is 3.72. The zero-order chi connectivity index (χ0) is 28.2. The van der Waals surface area contributed by atoms with E-state index in [1.807, 2.05) is 65.2 Å². The highest BCUT2D eigenvalue weighted by Gasteiger charge is 2.27. The van der Waals surface area contributed by atoms with Crippen LogP contribution in [0.5, 0.6) is 0 Å². The molecule has 0 amide bonds. The molecule has 3 N–H and O–H groups in total. The number of carboxylic acid groups (broad SMARTS) is 1. The van der Waals surface area contributed by atoms with Gasteiger partial charge in [0.25, 0.3) is 0 Å². The summed E-state index contributed by atoms with van der Waals surface area (Å²) in [6.45, 7) is 14.0. The predicted octanol–water partition coefficient (Wildman–Crippen LogP) is 6.16. The van der Waals surface area contributed by atoms with Crippen molar-refractivity contribution < 1.29 is 24.5 Å². The van der Waals surface area contributed by atoms with Gasteiger partial charge in [0.2, 0.25) is 0 Å². The molecule has 0 fully saturated rings. The maximum absolute atomic E-state index is 13.6. The summed E-state index contributed by atoms with van der Waals surface area (Å²) in [5.74, 6) is -0.766. The standard InChI is InChI=1S/C25H28FN3O4.2C2H6/c1-25(2,3)24-28-22(16-4-6-18(26)7-5-16)23(17-8-11-27-12-9-17)29(24)13-10-19(30)14-20(31)15-21(32)33;2*1-2/h4-13,19-20,30-31H,14-15H2,1-3H3,(H,32,33);2*1-2H3/b13-10+;;. The Hall–Kier alpha value is -3.36. The lowest BCUT2D eigenvalue weighted by atomic mass is 9.95. The first kappa shape index (κ1) is 31.7. The van der Waals surface area contributed by atoms with Crippen molar-refractivity contribution in [2.24, 2.45) is 0 Å². The lowest BCUT2D eigenvalue weighted by Crippen LogP contribution is -2.20. The van der Waals surface area contributed by atoms with Gasteiger partial charge >= 0.3 is 5.97 Å². The highest BCUT2D eigenvalue weighted by molar-refractivity contribution is 5.80. The monoisotopic (exact) mass is 513 g/mol. The number of pyridine rings is 1. The molecule has 2 aromatic heterocycles. The molecule has 3 rings (SSSR count). The second-order valence-corrected chi connectivity index (χ2v) is 8.89. The Morgan fingerprint density at radius 3 is 2.08 bits per heavy atom. The van der Waals surface area contributed by atoms with Crippen molar-refractivity contribution in [2.45, 2.75) is 78.9 Å². The van der Waals surface area contributed by atoms with Crippen LogP contribution in [-0.4, -0.2) is 48.0 Å². The van der Waals surface area contributed by atoms with Gasteiger partial charge in [-0.25, -0.2) is 9.37 Å². The number of benzene rings is 1. The number of carboxylic acids is 1. The summed E-state index contributed by atoms with van der Waals surface area (Å²) in [7, 11) is 0. The number of hydrogen-bond donors (Lipinski definition) is 3. The molecule has 202 valence electrons. The fraction of sp³-hybridized carbons (Fsp3) is 0.414. The molecular formula is C29H40FN3O4. The van der Waals surface area contributed by atoms with Crippen LogP contribution in [0.3, 0.4) is 0 Å². The first-order chi connectivity index (χ1) is 17.6. The zero-order valence-corrected chi connectivity index (χ0v) is 22.8. The Kier molecular flexibility index (Phi) is 12.9. The number of hydrogen-bond acceptors (Lipinski definition) is 5. The van der Waals surface area contributed by atoms with Gasteiger partial charge in [-0.15, -0.1) is 0 Å². The molecule has 0 saturated carbocycles. The molecule has 7 nitrogen and oxygen atoms in total. The number of aliphatic hydroxyl groups excluding tert-OH is 2. The van der Waals surface area contributed by atoms with Gasteiger partial charge in [-0.05, 0) is 42.5 Å². The molecular weight excluding hydrogens is 473 g/mol. The van der Waals surface area contributed by atoms with Crippen LogP contribution in [0.15, 0.2) is 54.9 Å². The highest BCUT2D eigenvalue weighted by atomic mass is 19.1. The molecule has 2 heterocycles. The van der Waals surface area contributed by atoms with E-state index in [0.717, 1.165) is 16.8 Å². The molecule has 0 spiro atoms. The molecule has 37 heavy (non-hydrogen) atoms. The summed E-state index contributed by atoms with van der Waals surface area (Å²) >= 11 is 0. The minimum atomic E-state index is -1.17. The smallest absolute Gasteiger partial charge is 0.305 e. The number of rotatable bonds is 8. The molecule has 8 heteroatoms. The third-order valence-electron chi connectivity index (χ3n) is 5.03. The first-order valence-electron chi connectivity index (χ1n) is 12.6. The molecule has 0 aliphatic rings. The van der Waals surface area contributed by atoms with E-state index in [1.54, 1.807) is 30.7 Å². The molecule has 2 atom stereocenters. The summed E-state index contributed by atoms with van der Waals surface area (Å²) in [6, 6.07) is 9.78. The summed E-state index contributed by atoms with van der Waals surface area (Å²) in [4.78, 5) is 19.8. The highest BCUT2D eigenvalue weighted by Crippen LogP contribution is 2.36. The summed E-state index contributed by atoms with van der Waals surface area (Å²) < 4.78 is 15.4. The van der Waals surface area contributed by atoms with E-state index in [2.05, 4.69) is 4.98 Å².